The molecule has 0 amide bonds. The first kappa shape index (κ1) is 21.6. The Morgan fingerprint density at radius 1 is 1.21 bits per heavy atom. The molecule has 1 saturated carbocycles. The van der Waals surface area contributed by atoms with E-state index < -0.39 is 65.5 Å². The van der Waals surface area contributed by atoms with Gasteiger partial charge in [0.05, 0.1) is 10.8 Å². The second kappa shape index (κ2) is 7.31. The molecule has 1 unspecified atom stereocenters. The molecule has 1 atom stereocenters. The van der Waals surface area contributed by atoms with E-state index in [4.69, 9.17) is 16.3 Å². The lowest BCUT2D eigenvalue weighted by Gasteiger charge is -2.21. The quantitative estimate of drug-likeness (QED) is 0.479. The monoisotopic (exact) mass is 444 g/mol. The first-order chi connectivity index (χ1) is 13.3. The van der Waals surface area contributed by atoms with Crippen LogP contribution in [0.15, 0.2) is 6.20 Å². The van der Waals surface area contributed by atoms with Gasteiger partial charge in [-0.3, -0.25) is 0 Å². The molecule has 0 bridgehead atoms. The fourth-order valence-electron chi connectivity index (χ4n) is 2.88. The highest BCUT2D eigenvalue weighted by molar-refractivity contribution is 6.30. The lowest BCUT2D eigenvalue weighted by Crippen LogP contribution is -2.32. The summed E-state index contributed by atoms with van der Waals surface area (Å²) in [5, 5.41) is -0.856. The number of rotatable bonds is 7. The topological polar surface area (TPSA) is 60.4 Å². The van der Waals surface area contributed by atoms with Crippen LogP contribution in [0.5, 0.6) is 11.9 Å². The number of fused-ring (bicyclic) bond motifs is 1. The van der Waals surface area contributed by atoms with Crippen LogP contribution >= 0.6 is 11.6 Å². The van der Waals surface area contributed by atoms with Crippen molar-refractivity contribution in [1.82, 2.24) is 19.9 Å². The number of pyridine rings is 1. The van der Waals surface area contributed by atoms with Gasteiger partial charge in [0.1, 0.15) is 12.1 Å². The normalized spacial score (nSPS) is 20.9. The van der Waals surface area contributed by atoms with E-state index in [1.54, 1.807) is 19.0 Å². The minimum absolute atomic E-state index is 0.00484. The van der Waals surface area contributed by atoms with Crippen LogP contribution in [0.2, 0.25) is 5.15 Å². The van der Waals surface area contributed by atoms with Crippen LogP contribution in [0.4, 0.5) is 26.3 Å². The zero-order valence-electron chi connectivity index (χ0n) is 15.2. The number of alkyl halides is 5. The van der Waals surface area contributed by atoms with Gasteiger partial charge < -0.3 is 14.4 Å². The van der Waals surface area contributed by atoms with Crippen molar-refractivity contribution in [3.05, 3.63) is 17.2 Å². The molecule has 29 heavy (non-hydrogen) atoms. The van der Waals surface area contributed by atoms with Crippen LogP contribution < -0.4 is 9.47 Å². The maximum absolute atomic E-state index is 14.3. The summed E-state index contributed by atoms with van der Waals surface area (Å²) in [5.74, 6) is -4.77. The van der Waals surface area contributed by atoms with Gasteiger partial charge in [0.25, 0.3) is 5.92 Å². The highest BCUT2D eigenvalue weighted by Crippen LogP contribution is 2.60. The summed E-state index contributed by atoms with van der Waals surface area (Å²) >= 11 is 5.58. The van der Waals surface area contributed by atoms with Gasteiger partial charge in [-0.15, -0.1) is 0 Å². The SMILES string of the molecule is CN(C)CC1(COc2nc(OCC(F)(F)F)c3cnc(Cl)c(F)c3n2)CC1(F)F. The van der Waals surface area contributed by atoms with Crippen molar-refractivity contribution >= 4 is 22.5 Å². The molecule has 0 saturated heterocycles. The van der Waals surface area contributed by atoms with E-state index in [0.717, 1.165) is 6.20 Å². The average molecular weight is 445 g/mol. The standard InChI is InChI=1S/C16H15ClF6N4O2/c1-27(2)5-14(4-15(14,19)20)6-29-13-25-10-8(3-24-11(17)9(10)18)12(26-13)28-7-16(21,22)23/h3H,4-7H2,1-2H3. The Kier molecular flexibility index (Phi) is 5.45. The van der Waals surface area contributed by atoms with Gasteiger partial charge in [-0.2, -0.15) is 23.1 Å². The minimum Gasteiger partial charge on any atom is -0.467 e. The molecule has 2 heterocycles. The maximum atomic E-state index is 14.3. The minimum atomic E-state index is -4.69. The molecular weight excluding hydrogens is 430 g/mol. The summed E-state index contributed by atoms with van der Waals surface area (Å²) in [6.45, 7) is -2.25. The first-order valence-electron chi connectivity index (χ1n) is 8.20. The van der Waals surface area contributed by atoms with E-state index >= 15 is 0 Å². The smallest absolute Gasteiger partial charge is 0.422 e. The molecule has 6 nitrogen and oxygen atoms in total. The van der Waals surface area contributed by atoms with Crippen molar-refractivity contribution in [3.8, 4) is 11.9 Å². The van der Waals surface area contributed by atoms with Crippen molar-refractivity contribution in [1.29, 1.82) is 0 Å². The van der Waals surface area contributed by atoms with Crippen molar-refractivity contribution in [2.45, 2.75) is 18.5 Å². The Balaban J connectivity index is 1.92. The number of hydrogen-bond donors (Lipinski definition) is 0. The third kappa shape index (κ3) is 4.58. The zero-order valence-corrected chi connectivity index (χ0v) is 15.9. The van der Waals surface area contributed by atoms with Gasteiger partial charge in [0, 0.05) is 19.2 Å². The number of aromatic nitrogens is 3. The van der Waals surface area contributed by atoms with Gasteiger partial charge in [-0.25, -0.2) is 18.2 Å². The molecule has 1 fully saturated rings. The molecule has 0 radical (unpaired) electrons. The van der Waals surface area contributed by atoms with Crippen LogP contribution in [0, 0.1) is 11.2 Å². The second-order valence-corrected chi connectivity index (χ2v) is 7.39. The van der Waals surface area contributed by atoms with E-state index in [0.29, 0.717) is 0 Å². The molecule has 0 aliphatic heterocycles. The highest BCUT2D eigenvalue weighted by Gasteiger charge is 2.71. The molecule has 1 aliphatic carbocycles. The number of ether oxygens (including phenoxy) is 2. The van der Waals surface area contributed by atoms with Crippen LogP contribution in [0.25, 0.3) is 10.9 Å². The van der Waals surface area contributed by atoms with Crippen molar-refractivity contribution in [2.75, 3.05) is 33.9 Å². The summed E-state index contributed by atoms with van der Waals surface area (Å²) in [5.41, 5.74) is -2.01. The van der Waals surface area contributed by atoms with E-state index in [9.17, 15) is 26.3 Å². The Labute approximate surface area is 165 Å². The number of hydrogen-bond acceptors (Lipinski definition) is 6. The summed E-state index contributed by atoms with van der Waals surface area (Å²) in [7, 11) is 3.21. The molecule has 1 aliphatic rings. The van der Waals surface area contributed by atoms with Crippen molar-refractivity contribution in [2.24, 2.45) is 5.41 Å². The summed E-state index contributed by atoms with van der Waals surface area (Å²) in [6.07, 6.45) is -4.19. The molecule has 0 aromatic carbocycles. The van der Waals surface area contributed by atoms with Gasteiger partial charge >= 0.3 is 12.2 Å². The zero-order chi connectivity index (χ0) is 21.6. The Hall–Kier alpha value is -2.08. The Morgan fingerprint density at radius 2 is 1.86 bits per heavy atom. The van der Waals surface area contributed by atoms with E-state index in [1.807, 2.05) is 0 Å². The highest BCUT2D eigenvalue weighted by atomic mass is 35.5. The molecule has 2 aromatic heterocycles. The number of halogens is 7. The van der Waals surface area contributed by atoms with Crippen molar-refractivity contribution in [3.63, 3.8) is 0 Å². The summed E-state index contributed by atoms with van der Waals surface area (Å²) < 4.78 is 89.3. The van der Waals surface area contributed by atoms with Crippen LogP contribution in [-0.2, 0) is 0 Å². The molecule has 2 aromatic rings. The maximum Gasteiger partial charge on any atom is 0.422 e. The van der Waals surface area contributed by atoms with E-state index in [2.05, 4.69) is 19.7 Å². The third-order valence-corrected chi connectivity index (χ3v) is 4.53. The third-order valence-electron chi connectivity index (χ3n) is 4.27. The molecular formula is C16H15ClF6N4O2. The molecule has 13 heteroatoms. The van der Waals surface area contributed by atoms with Gasteiger partial charge in [-0.1, -0.05) is 11.6 Å². The van der Waals surface area contributed by atoms with Gasteiger partial charge in [0.15, 0.2) is 17.6 Å². The lowest BCUT2D eigenvalue weighted by molar-refractivity contribution is -0.153. The van der Waals surface area contributed by atoms with Crippen LogP contribution in [-0.4, -0.2) is 65.8 Å². The Morgan fingerprint density at radius 3 is 2.41 bits per heavy atom. The summed E-state index contributed by atoms with van der Waals surface area (Å²) in [6, 6.07) is -0.614. The Bertz CT molecular complexity index is 926. The average Bonchev–Trinajstić information content (AvgIpc) is 3.13. The fourth-order valence-corrected chi connectivity index (χ4v) is 3.01. The lowest BCUT2D eigenvalue weighted by atomic mass is 10.1. The summed E-state index contributed by atoms with van der Waals surface area (Å²) in [4.78, 5) is 12.5. The fraction of sp³-hybridized carbons (Fsp3) is 0.562. The number of nitrogens with zero attached hydrogens (tertiary/aromatic N) is 4. The molecule has 3 rings (SSSR count). The van der Waals surface area contributed by atoms with Crippen LogP contribution in [0.3, 0.4) is 0 Å². The predicted octanol–water partition coefficient (Wildman–Crippen LogP) is 3.72. The first-order valence-corrected chi connectivity index (χ1v) is 8.58. The van der Waals surface area contributed by atoms with Crippen LogP contribution in [0.1, 0.15) is 6.42 Å². The van der Waals surface area contributed by atoms with Gasteiger partial charge in [-0.05, 0) is 14.1 Å². The van der Waals surface area contributed by atoms with Gasteiger partial charge in [0.2, 0.25) is 5.88 Å². The second-order valence-electron chi connectivity index (χ2n) is 7.03. The molecule has 0 N–H and O–H groups in total. The molecule has 160 valence electrons. The van der Waals surface area contributed by atoms with E-state index in [1.165, 1.54) is 0 Å². The molecule has 0 spiro atoms. The van der Waals surface area contributed by atoms with Crippen molar-refractivity contribution < 1.29 is 35.8 Å². The predicted molar refractivity (Wildman–Crippen MR) is 89.9 cm³/mol. The largest absolute Gasteiger partial charge is 0.467 e. The van der Waals surface area contributed by atoms with E-state index in [-0.39, 0.29) is 11.9 Å².